The summed E-state index contributed by atoms with van der Waals surface area (Å²) in [5.41, 5.74) is 2.42. The van der Waals surface area contributed by atoms with Gasteiger partial charge in [0, 0.05) is 25.8 Å². The van der Waals surface area contributed by atoms with E-state index in [0.29, 0.717) is 6.04 Å². The minimum Gasteiger partial charge on any atom is -0.304 e. The maximum Gasteiger partial charge on any atom is 0.0762 e. The molecule has 3 nitrogen and oxygen atoms in total. The monoisotopic (exact) mass is 229 g/mol. The van der Waals surface area contributed by atoms with E-state index in [0.717, 1.165) is 18.7 Å². The Hall–Kier alpha value is -1.61. The van der Waals surface area contributed by atoms with Gasteiger partial charge < -0.3 is 5.32 Å². The molecule has 2 aromatic rings. The van der Waals surface area contributed by atoms with Crippen molar-refractivity contribution in [2.45, 2.75) is 25.9 Å². The molecule has 0 aliphatic heterocycles. The van der Waals surface area contributed by atoms with Crippen molar-refractivity contribution in [3.8, 4) is 0 Å². The van der Waals surface area contributed by atoms with Crippen LogP contribution in [0.5, 0.6) is 0 Å². The smallest absolute Gasteiger partial charge is 0.0762 e. The molecule has 90 valence electrons. The van der Waals surface area contributed by atoms with E-state index in [2.05, 4.69) is 47.7 Å². The van der Waals surface area contributed by atoms with Gasteiger partial charge in [-0.25, -0.2) is 0 Å². The highest BCUT2D eigenvalue weighted by Crippen LogP contribution is 2.16. The zero-order valence-corrected chi connectivity index (χ0v) is 10.4. The van der Waals surface area contributed by atoms with Crippen LogP contribution in [0.2, 0.25) is 0 Å². The molecule has 2 rings (SSSR count). The topological polar surface area (TPSA) is 29.9 Å². The van der Waals surface area contributed by atoms with E-state index in [4.69, 9.17) is 0 Å². The Morgan fingerprint density at radius 1 is 1.24 bits per heavy atom. The summed E-state index contributed by atoms with van der Waals surface area (Å²) < 4.78 is 1.83. The van der Waals surface area contributed by atoms with Gasteiger partial charge in [0.15, 0.2) is 0 Å². The average molecular weight is 229 g/mol. The minimum atomic E-state index is 0.401. The summed E-state index contributed by atoms with van der Waals surface area (Å²) in [4.78, 5) is 0. The van der Waals surface area contributed by atoms with Gasteiger partial charge in [0.2, 0.25) is 0 Å². The van der Waals surface area contributed by atoms with Crippen LogP contribution in [-0.2, 0) is 13.6 Å². The van der Waals surface area contributed by atoms with E-state index in [1.807, 2.05) is 24.0 Å². The molecule has 1 N–H and O–H groups in total. The molecule has 0 radical (unpaired) electrons. The molecule has 1 atom stereocenters. The number of aryl methyl sites for hydroxylation is 1. The molecule has 0 fully saturated rings. The molecular formula is C14H19N3. The predicted molar refractivity (Wildman–Crippen MR) is 69.5 cm³/mol. The second kappa shape index (κ2) is 5.64. The van der Waals surface area contributed by atoms with Crippen LogP contribution in [0.1, 0.15) is 30.6 Å². The lowest BCUT2D eigenvalue weighted by atomic mass is 10.0. The molecule has 17 heavy (non-hydrogen) atoms. The predicted octanol–water partition coefficient (Wildman–Crippen LogP) is 2.66. The maximum atomic E-state index is 4.36. The van der Waals surface area contributed by atoms with Crippen molar-refractivity contribution in [1.82, 2.24) is 15.1 Å². The SMILES string of the molecule is CCC(NCc1ccn(C)n1)c1ccccc1. The molecule has 0 saturated heterocycles. The van der Waals surface area contributed by atoms with Crippen LogP contribution < -0.4 is 5.32 Å². The number of nitrogens with zero attached hydrogens (tertiary/aromatic N) is 2. The Morgan fingerprint density at radius 3 is 2.59 bits per heavy atom. The molecule has 0 aliphatic carbocycles. The first kappa shape index (κ1) is 11.9. The molecule has 1 heterocycles. The zero-order valence-electron chi connectivity index (χ0n) is 10.4. The molecule has 0 amide bonds. The molecule has 1 aromatic carbocycles. The first-order valence-electron chi connectivity index (χ1n) is 6.06. The summed E-state index contributed by atoms with van der Waals surface area (Å²) in [5, 5.41) is 7.90. The van der Waals surface area contributed by atoms with E-state index >= 15 is 0 Å². The minimum absolute atomic E-state index is 0.401. The molecule has 1 unspecified atom stereocenters. The van der Waals surface area contributed by atoms with E-state index in [9.17, 15) is 0 Å². The summed E-state index contributed by atoms with van der Waals surface area (Å²) in [5.74, 6) is 0. The van der Waals surface area contributed by atoms with Crippen LogP contribution in [0.25, 0.3) is 0 Å². The van der Waals surface area contributed by atoms with Gasteiger partial charge in [-0.3, -0.25) is 4.68 Å². The van der Waals surface area contributed by atoms with Gasteiger partial charge in [-0.2, -0.15) is 5.10 Å². The van der Waals surface area contributed by atoms with Gasteiger partial charge in [-0.15, -0.1) is 0 Å². The number of aromatic nitrogens is 2. The number of rotatable bonds is 5. The average Bonchev–Trinajstić information content (AvgIpc) is 2.77. The van der Waals surface area contributed by atoms with Crippen molar-refractivity contribution in [2.75, 3.05) is 0 Å². The van der Waals surface area contributed by atoms with E-state index in [1.165, 1.54) is 5.56 Å². The van der Waals surface area contributed by atoms with Gasteiger partial charge in [0.25, 0.3) is 0 Å². The first-order valence-corrected chi connectivity index (χ1v) is 6.06. The molecule has 0 bridgehead atoms. The second-order valence-electron chi connectivity index (χ2n) is 4.23. The summed E-state index contributed by atoms with van der Waals surface area (Å²) in [6.07, 6.45) is 3.05. The molecule has 0 saturated carbocycles. The highest BCUT2D eigenvalue weighted by atomic mass is 15.3. The Morgan fingerprint density at radius 2 is 2.00 bits per heavy atom. The number of hydrogen-bond donors (Lipinski definition) is 1. The molecule has 0 spiro atoms. The zero-order chi connectivity index (χ0) is 12.1. The number of hydrogen-bond acceptors (Lipinski definition) is 2. The highest BCUT2D eigenvalue weighted by molar-refractivity contribution is 5.18. The second-order valence-corrected chi connectivity index (χ2v) is 4.23. The number of nitrogens with one attached hydrogen (secondary N) is 1. The van der Waals surface area contributed by atoms with E-state index in [1.54, 1.807) is 0 Å². The lowest BCUT2D eigenvalue weighted by Crippen LogP contribution is -2.20. The Balaban J connectivity index is 1.97. The third-order valence-corrected chi connectivity index (χ3v) is 2.91. The van der Waals surface area contributed by atoms with Crippen molar-refractivity contribution >= 4 is 0 Å². The van der Waals surface area contributed by atoms with Crippen molar-refractivity contribution in [3.05, 3.63) is 53.9 Å². The fourth-order valence-electron chi connectivity index (χ4n) is 1.97. The fraction of sp³-hybridized carbons (Fsp3) is 0.357. The molecular weight excluding hydrogens is 210 g/mol. The van der Waals surface area contributed by atoms with Gasteiger partial charge in [-0.1, -0.05) is 37.3 Å². The third-order valence-electron chi connectivity index (χ3n) is 2.91. The first-order chi connectivity index (χ1) is 8.29. The van der Waals surface area contributed by atoms with Crippen LogP contribution in [0.15, 0.2) is 42.6 Å². The molecule has 1 aromatic heterocycles. The van der Waals surface area contributed by atoms with Crippen molar-refractivity contribution in [3.63, 3.8) is 0 Å². The fourth-order valence-corrected chi connectivity index (χ4v) is 1.97. The summed E-state index contributed by atoms with van der Waals surface area (Å²) in [6, 6.07) is 13.0. The van der Waals surface area contributed by atoms with Crippen LogP contribution >= 0.6 is 0 Å². The van der Waals surface area contributed by atoms with E-state index < -0.39 is 0 Å². The molecule has 3 heteroatoms. The Kier molecular flexibility index (Phi) is 3.94. The Bertz CT molecular complexity index is 448. The van der Waals surface area contributed by atoms with Gasteiger partial charge in [0.05, 0.1) is 5.69 Å². The van der Waals surface area contributed by atoms with Crippen molar-refractivity contribution in [2.24, 2.45) is 7.05 Å². The van der Waals surface area contributed by atoms with Gasteiger partial charge in [-0.05, 0) is 18.1 Å². The normalized spacial score (nSPS) is 12.6. The van der Waals surface area contributed by atoms with Crippen molar-refractivity contribution < 1.29 is 0 Å². The van der Waals surface area contributed by atoms with Crippen molar-refractivity contribution in [1.29, 1.82) is 0 Å². The summed E-state index contributed by atoms with van der Waals surface area (Å²) in [7, 11) is 1.94. The van der Waals surface area contributed by atoms with Crippen LogP contribution in [-0.4, -0.2) is 9.78 Å². The van der Waals surface area contributed by atoms with Gasteiger partial charge in [0.1, 0.15) is 0 Å². The lowest BCUT2D eigenvalue weighted by Gasteiger charge is -2.16. The number of benzene rings is 1. The summed E-state index contributed by atoms with van der Waals surface area (Å²) >= 11 is 0. The van der Waals surface area contributed by atoms with E-state index in [-0.39, 0.29) is 0 Å². The van der Waals surface area contributed by atoms with Crippen LogP contribution in [0, 0.1) is 0 Å². The highest BCUT2D eigenvalue weighted by Gasteiger charge is 2.08. The molecule has 0 aliphatic rings. The largest absolute Gasteiger partial charge is 0.304 e. The van der Waals surface area contributed by atoms with Crippen LogP contribution in [0.4, 0.5) is 0 Å². The quantitative estimate of drug-likeness (QED) is 0.854. The summed E-state index contributed by atoms with van der Waals surface area (Å²) in [6.45, 7) is 3.01. The Labute approximate surface area is 102 Å². The van der Waals surface area contributed by atoms with Crippen LogP contribution in [0.3, 0.4) is 0 Å². The maximum absolute atomic E-state index is 4.36. The standard InChI is InChI=1S/C14H19N3/c1-3-14(12-7-5-4-6-8-12)15-11-13-9-10-17(2)16-13/h4-10,14-15H,3,11H2,1-2H3. The van der Waals surface area contributed by atoms with Gasteiger partial charge >= 0.3 is 0 Å². The lowest BCUT2D eigenvalue weighted by molar-refractivity contribution is 0.511. The third kappa shape index (κ3) is 3.17.